The quantitative estimate of drug-likeness (QED) is 0.898. The van der Waals surface area contributed by atoms with Gasteiger partial charge in [0.15, 0.2) is 0 Å². The van der Waals surface area contributed by atoms with E-state index < -0.39 is 10.0 Å². The molecule has 2 aromatic carbocycles. The molecule has 0 atom stereocenters. The minimum Gasteiger partial charge on any atom is -0.279 e. The molecule has 0 fully saturated rings. The zero-order valence-corrected chi connectivity index (χ0v) is 13.8. The molecule has 0 saturated heterocycles. The summed E-state index contributed by atoms with van der Waals surface area (Å²) in [5.41, 5.74) is 2.49. The number of benzene rings is 2. The Morgan fingerprint density at radius 3 is 2.55 bits per heavy atom. The van der Waals surface area contributed by atoms with Crippen LogP contribution in [0.4, 0.5) is 5.69 Å². The van der Waals surface area contributed by atoms with E-state index in [2.05, 4.69) is 20.7 Å². The lowest BCUT2D eigenvalue weighted by Gasteiger charge is -2.12. The minimum atomic E-state index is -3.55. The van der Waals surface area contributed by atoms with E-state index in [-0.39, 0.29) is 4.90 Å². The lowest BCUT2D eigenvalue weighted by Crippen LogP contribution is -2.14. The predicted octanol–water partition coefficient (Wildman–Crippen LogP) is 4.12. The van der Waals surface area contributed by atoms with Gasteiger partial charge >= 0.3 is 0 Å². The molecule has 0 unspecified atom stereocenters. The van der Waals surface area contributed by atoms with E-state index in [1.54, 1.807) is 24.3 Å². The van der Waals surface area contributed by atoms with E-state index >= 15 is 0 Å². The second-order valence-electron chi connectivity index (χ2n) is 4.58. The number of halogens is 1. The zero-order chi connectivity index (χ0) is 14.8. The van der Waals surface area contributed by atoms with Crippen molar-refractivity contribution in [3.8, 4) is 0 Å². The Labute approximate surface area is 128 Å². The lowest BCUT2D eigenvalue weighted by molar-refractivity contribution is 0.601. The Kier molecular flexibility index (Phi) is 4.50. The molecule has 0 aliphatic heterocycles. The van der Waals surface area contributed by atoms with Crippen molar-refractivity contribution >= 4 is 31.6 Å². The van der Waals surface area contributed by atoms with Crippen LogP contribution in [0, 0.1) is 6.92 Å². The van der Waals surface area contributed by atoms with Gasteiger partial charge in [-0.3, -0.25) is 4.72 Å². The van der Waals surface area contributed by atoms with Gasteiger partial charge in [0, 0.05) is 4.47 Å². The third-order valence-corrected chi connectivity index (χ3v) is 4.85. The monoisotopic (exact) mass is 353 g/mol. The smallest absolute Gasteiger partial charge is 0.261 e. The standard InChI is InChI=1S/C15H16BrNO2S/c1-3-12-10-13(16)7-8-15(12)17-20(18,19)14-6-4-5-11(2)9-14/h4-10,17H,3H2,1-2H3. The first kappa shape index (κ1) is 15.1. The van der Waals surface area contributed by atoms with Crippen molar-refractivity contribution < 1.29 is 8.42 Å². The predicted molar refractivity (Wildman–Crippen MR) is 85.5 cm³/mol. The number of nitrogens with one attached hydrogen (secondary N) is 1. The van der Waals surface area contributed by atoms with Crippen molar-refractivity contribution in [2.75, 3.05) is 4.72 Å². The third-order valence-electron chi connectivity index (χ3n) is 2.99. The number of sulfonamides is 1. The summed E-state index contributed by atoms with van der Waals surface area (Å²) in [4.78, 5) is 0.280. The van der Waals surface area contributed by atoms with E-state index in [1.165, 1.54) is 0 Å². The molecule has 2 rings (SSSR count). The van der Waals surface area contributed by atoms with Gasteiger partial charge in [-0.2, -0.15) is 0 Å². The van der Waals surface area contributed by atoms with Gasteiger partial charge < -0.3 is 0 Å². The first-order chi connectivity index (χ1) is 9.42. The Hall–Kier alpha value is -1.33. The number of hydrogen-bond donors (Lipinski definition) is 1. The molecule has 0 aliphatic carbocycles. The summed E-state index contributed by atoms with van der Waals surface area (Å²) < 4.78 is 28.4. The molecule has 3 nitrogen and oxygen atoms in total. The van der Waals surface area contributed by atoms with Gasteiger partial charge in [-0.15, -0.1) is 0 Å². The van der Waals surface area contributed by atoms with Crippen LogP contribution in [0.5, 0.6) is 0 Å². The summed E-state index contributed by atoms with van der Waals surface area (Å²) >= 11 is 3.39. The number of rotatable bonds is 4. The van der Waals surface area contributed by atoms with E-state index in [9.17, 15) is 8.42 Å². The molecular weight excluding hydrogens is 338 g/mol. The molecule has 1 N–H and O–H groups in total. The highest BCUT2D eigenvalue weighted by atomic mass is 79.9. The van der Waals surface area contributed by atoms with E-state index in [4.69, 9.17) is 0 Å². The molecule has 0 aromatic heterocycles. The fourth-order valence-corrected chi connectivity index (χ4v) is 3.55. The maximum atomic E-state index is 12.4. The van der Waals surface area contributed by atoms with E-state index in [0.717, 1.165) is 22.0 Å². The molecule has 0 heterocycles. The summed E-state index contributed by atoms with van der Waals surface area (Å²) in [5.74, 6) is 0. The van der Waals surface area contributed by atoms with Gasteiger partial charge in [-0.05, 0) is 54.8 Å². The highest BCUT2D eigenvalue weighted by Gasteiger charge is 2.15. The molecular formula is C15H16BrNO2S. The normalized spacial score (nSPS) is 11.3. The maximum absolute atomic E-state index is 12.4. The minimum absolute atomic E-state index is 0.280. The molecule has 0 bridgehead atoms. The van der Waals surface area contributed by atoms with Gasteiger partial charge in [0.25, 0.3) is 10.0 Å². The van der Waals surface area contributed by atoms with Crippen molar-refractivity contribution in [1.29, 1.82) is 0 Å². The van der Waals surface area contributed by atoms with E-state index in [0.29, 0.717) is 5.69 Å². The van der Waals surface area contributed by atoms with Crippen molar-refractivity contribution in [2.45, 2.75) is 25.2 Å². The molecule has 0 radical (unpaired) electrons. The number of anilines is 1. The molecule has 0 saturated carbocycles. The van der Waals surface area contributed by atoms with Crippen molar-refractivity contribution in [3.05, 3.63) is 58.1 Å². The van der Waals surface area contributed by atoms with Crippen molar-refractivity contribution in [2.24, 2.45) is 0 Å². The second kappa shape index (κ2) is 5.97. The SMILES string of the molecule is CCc1cc(Br)ccc1NS(=O)(=O)c1cccc(C)c1. The van der Waals surface area contributed by atoms with Gasteiger partial charge in [-0.1, -0.05) is 35.0 Å². The molecule has 0 amide bonds. The van der Waals surface area contributed by atoms with E-state index in [1.807, 2.05) is 32.0 Å². The van der Waals surface area contributed by atoms with Crippen LogP contribution in [0.25, 0.3) is 0 Å². The zero-order valence-electron chi connectivity index (χ0n) is 11.4. The fraction of sp³-hybridized carbons (Fsp3) is 0.200. The van der Waals surface area contributed by atoms with Gasteiger partial charge in [0.2, 0.25) is 0 Å². The highest BCUT2D eigenvalue weighted by Crippen LogP contribution is 2.24. The summed E-state index contributed by atoms with van der Waals surface area (Å²) in [6.45, 7) is 3.86. The summed E-state index contributed by atoms with van der Waals surface area (Å²) in [5, 5.41) is 0. The third kappa shape index (κ3) is 3.41. The van der Waals surface area contributed by atoms with Crippen LogP contribution in [0.15, 0.2) is 51.8 Å². The Bertz CT molecular complexity index is 726. The van der Waals surface area contributed by atoms with Crippen LogP contribution in [-0.4, -0.2) is 8.42 Å². The second-order valence-corrected chi connectivity index (χ2v) is 7.18. The lowest BCUT2D eigenvalue weighted by atomic mass is 10.1. The largest absolute Gasteiger partial charge is 0.279 e. The Balaban J connectivity index is 2.38. The molecule has 2 aromatic rings. The molecule has 0 aliphatic rings. The van der Waals surface area contributed by atoms with Crippen molar-refractivity contribution in [1.82, 2.24) is 0 Å². The Morgan fingerprint density at radius 1 is 1.15 bits per heavy atom. The van der Waals surface area contributed by atoms with Gasteiger partial charge in [0.1, 0.15) is 0 Å². The van der Waals surface area contributed by atoms with Gasteiger partial charge in [-0.25, -0.2) is 8.42 Å². The molecule has 20 heavy (non-hydrogen) atoms. The maximum Gasteiger partial charge on any atom is 0.261 e. The van der Waals surface area contributed by atoms with Gasteiger partial charge in [0.05, 0.1) is 10.6 Å². The first-order valence-corrected chi connectivity index (χ1v) is 8.58. The highest BCUT2D eigenvalue weighted by molar-refractivity contribution is 9.10. The average molecular weight is 354 g/mol. The molecule has 106 valence electrons. The van der Waals surface area contributed by atoms with Crippen LogP contribution in [-0.2, 0) is 16.4 Å². The summed E-state index contributed by atoms with van der Waals surface area (Å²) in [7, 11) is -3.55. The van der Waals surface area contributed by atoms with Crippen LogP contribution >= 0.6 is 15.9 Å². The van der Waals surface area contributed by atoms with Crippen LogP contribution in [0.2, 0.25) is 0 Å². The molecule has 0 spiro atoms. The first-order valence-electron chi connectivity index (χ1n) is 6.30. The van der Waals surface area contributed by atoms with Crippen molar-refractivity contribution in [3.63, 3.8) is 0 Å². The fourth-order valence-electron chi connectivity index (χ4n) is 1.94. The van der Waals surface area contributed by atoms with Crippen LogP contribution in [0.3, 0.4) is 0 Å². The van der Waals surface area contributed by atoms with Crippen LogP contribution in [0.1, 0.15) is 18.1 Å². The topological polar surface area (TPSA) is 46.2 Å². The Morgan fingerprint density at radius 2 is 1.90 bits per heavy atom. The summed E-state index contributed by atoms with van der Waals surface area (Å²) in [6.07, 6.45) is 0.755. The molecule has 5 heteroatoms. The number of aryl methyl sites for hydroxylation is 2. The average Bonchev–Trinajstić information content (AvgIpc) is 2.40. The summed E-state index contributed by atoms with van der Waals surface area (Å²) in [6, 6.07) is 12.4. The van der Waals surface area contributed by atoms with Crippen LogP contribution < -0.4 is 4.72 Å². The number of hydrogen-bond acceptors (Lipinski definition) is 2.